The van der Waals surface area contributed by atoms with Gasteiger partial charge in [0.2, 0.25) is 9.84 Å². The summed E-state index contributed by atoms with van der Waals surface area (Å²) in [5.74, 6) is 0.524. The van der Waals surface area contributed by atoms with E-state index in [0.29, 0.717) is 15.6 Å². The molecule has 3 rings (SSSR count). The Balaban J connectivity index is 2.03. The highest BCUT2D eigenvalue weighted by atomic mass is 32.2. The Bertz CT molecular complexity index is 607. The third-order valence-electron chi connectivity index (χ3n) is 3.70. The molecule has 0 N–H and O–H groups in total. The van der Waals surface area contributed by atoms with E-state index in [9.17, 15) is 8.42 Å². The maximum absolute atomic E-state index is 12.7. The number of nitrogens with zero attached hydrogens (tertiary/aromatic N) is 1. The van der Waals surface area contributed by atoms with Crippen molar-refractivity contribution < 1.29 is 13.3 Å². The van der Waals surface area contributed by atoms with Gasteiger partial charge in [-0.3, -0.25) is 0 Å². The Morgan fingerprint density at radius 1 is 1.21 bits per heavy atom. The highest BCUT2D eigenvalue weighted by molar-refractivity contribution is 7.95. The third-order valence-corrected chi connectivity index (χ3v) is 5.73. The smallest absolute Gasteiger partial charge is 0.207 e. The third kappa shape index (κ3) is 2.07. The maximum atomic E-state index is 12.7. The molecule has 0 bridgehead atoms. The van der Waals surface area contributed by atoms with Gasteiger partial charge < -0.3 is 4.84 Å². The van der Waals surface area contributed by atoms with Crippen molar-refractivity contribution in [1.29, 1.82) is 0 Å². The minimum absolute atomic E-state index is 0.112. The SMILES string of the molecule is CC1=C(S(=O)(=O)c2ccccc2)[C@H]2CCCCN2O1. The molecule has 1 atom stereocenters. The number of hydrogen-bond acceptors (Lipinski definition) is 4. The first-order chi connectivity index (χ1) is 9.10. The molecule has 0 saturated carbocycles. The average Bonchev–Trinajstić information content (AvgIpc) is 2.76. The second-order valence-electron chi connectivity index (χ2n) is 4.98. The number of allylic oxidation sites excluding steroid dienone is 1. The molecule has 0 unspecified atom stereocenters. The minimum atomic E-state index is -3.45. The quantitative estimate of drug-likeness (QED) is 0.834. The molecule has 1 aromatic rings. The second-order valence-corrected chi connectivity index (χ2v) is 6.90. The fourth-order valence-corrected chi connectivity index (χ4v) is 4.61. The topological polar surface area (TPSA) is 46.6 Å². The molecule has 0 radical (unpaired) electrons. The van der Waals surface area contributed by atoms with Crippen molar-refractivity contribution in [3.63, 3.8) is 0 Å². The zero-order chi connectivity index (χ0) is 13.5. The van der Waals surface area contributed by atoms with Crippen LogP contribution in [0.1, 0.15) is 26.2 Å². The number of sulfone groups is 1. The molecule has 2 aliphatic heterocycles. The van der Waals surface area contributed by atoms with E-state index in [1.165, 1.54) is 0 Å². The van der Waals surface area contributed by atoms with Gasteiger partial charge in [-0.05, 0) is 38.3 Å². The molecule has 2 aliphatic rings. The number of hydrogen-bond donors (Lipinski definition) is 0. The van der Waals surface area contributed by atoms with Crippen LogP contribution in [0, 0.1) is 0 Å². The number of hydroxylamine groups is 2. The summed E-state index contributed by atoms with van der Waals surface area (Å²) in [6, 6.07) is 8.48. The van der Waals surface area contributed by atoms with Gasteiger partial charge in [0.25, 0.3) is 0 Å². The molecule has 1 fully saturated rings. The van der Waals surface area contributed by atoms with Crippen LogP contribution in [0.3, 0.4) is 0 Å². The van der Waals surface area contributed by atoms with Crippen LogP contribution >= 0.6 is 0 Å². The molecule has 4 nitrogen and oxygen atoms in total. The van der Waals surface area contributed by atoms with Gasteiger partial charge in [0.05, 0.1) is 10.9 Å². The van der Waals surface area contributed by atoms with Gasteiger partial charge in [0.15, 0.2) is 0 Å². The summed E-state index contributed by atoms with van der Waals surface area (Å²) >= 11 is 0. The van der Waals surface area contributed by atoms with Crippen molar-refractivity contribution in [3.8, 4) is 0 Å². The predicted molar refractivity (Wildman–Crippen MR) is 71.8 cm³/mol. The van der Waals surface area contributed by atoms with Gasteiger partial charge in [0, 0.05) is 6.54 Å². The normalized spacial score (nSPS) is 24.2. The fourth-order valence-electron chi connectivity index (χ4n) is 2.83. The molecule has 2 heterocycles. The molecule has 0 amide bonds. The monoisotopic (exact) mass is 279 g/mol. The van der Waals surface area contributed by atoms with Crippen LogP contribution in [-0.2, 0) is 14.7 Å². The molecule has 0 spiro atoms. The van der Waals surface area contributed by atoms with Crippen molar-refractivity contribution in [2.75, 3.05) is 6.54 Å². The van der Waals surface area contributed by atoms with Gasteiger partial charge in [-0.2, -0.15) is 0 Å². The summed E-state index contributed by atoms with van der Waals surface area (Å²) in [5, 5.41) is 1.81. The lowest BCUT2D eigenvalue weighted by Crippen LogP contribution is -2.36. The van der Waals surface area contributed by atoms with E-state index in [0.717, 1.165) is 25.8 Å². The Hall–Kier alpha value is -1.33. The first-order valence-electron chi connectivity index (χ1n) is 6.56. The lowest BCUT2D eigenvalue weighted by Gasteiger charge is -2.28. The fraction of sp³-hybridized carbons (Fsp3) is 0.429. The average molecular weight is 279 g/mol. The summed E-state index contributed by atoms with van der Waals surface area (Å²) in [6.45, 7) is 2.55. The lowest BCUT2D eigenvalue weighted by molar-refractivity contribution is -0.129. The van der Waals surface area contributed by atoms with Crippen LogP contribution in [0.25, 0.3) is 0 Å². The first-order valence-corrected chi connectivity index (χ1v) is 8.04. The standard InChI is InChI=1S/C14H17NO3S/c1-11-14(13-9-5-6-10-15(13)18-11)19(16,17)12-7-3-2-4-8-12/h2-4,7-8,13H,5-6,9-10H2,1H3/t13-/m1/s1. The van der Waals surface area contributed by atoms with Crippen molar-refractivity contribution in [2.24, 2.45) is 0 Å². The van der Waals surface area contributed by atoms with Crippen molar-refractivity contribution in [3.05, 3.63) is 41.0 Å². The van der Waals surface area contributed by atoms with E-state index in [1.54, 1.807) is 31.2 Å². The van der Waals surface area contributed by atoms with E-state index in [2.05, 4.69) is 0 Å². The van der Waals surface area contributed by atoms with Crippen LogP contribution in [0.2, 0.25) is 0 Å². The largest absolute Gasteiger partial charge is 0.409 e. The summed E-state index contributed by atoms with van der Waals surface area (Å²) in [7, 11) is -3.45. The Kier molecular flexibility index (Phi) is 3.11. The van der Waals surface area contributed by atoms with Crippen LogP contribution in [0.15, 0.2) is 45.9 Å². The molecule has 5 heteroatoms. The highest BCUT2D eigenvalue weighted by Crippen LogP contribution is 2.38. The van der Waals surface area contributed by atoms with Gasteiger partial charge in [-0.25, -0.2) is 8.42 Å². The summed E-state index contributed by atoms with van der Waals surface area (Å²) in [4.78, 5) is 6.41. The summed E-state index contributed by atoms with van der Waals surface area (Å²) in [6.07, 6.45) is 2.95. The second kappa shape index (κ2) is 4.65. The Morgan fingerprint density at radius 3 is 2.68 bits per heavy atom. The lowest BCUT2D eigenvalue weighted by atomic mass is 10.0. The van der Waals surface area contributed by atoms with Gasteiger partial charge >= 0.3 is 0 Å². The van der Waals surface area contributed by atoms with E-state index >= 15 is 0 Å². The van der Waals surface area contributed by atoms with Crippen molar-refractivity contribution >= 4 is 9.84 Å². The number of piperidine rings is 1. The zero-order valence-electron chi connectivity index (χ0n) is 10.9. The number of rotatable bonds is 2. The van der Waals surface area contributed by atoms with Crippen molar-refractivity contribution in [1.82, 2.24) is 5.06 Å². The van der Waals surface area contributed by atoms with Crippen molar-refractivity contribution in [2.45, 2.75) is 37.1 Å². The molecule has 0 aliphatic carbocycles. The van der Waals surface area contributed by atoms with E-state index in [1.807, 2.05) is 11.1 Å². The molecule has 19 heavy (non-hydrogen) atoms. The number of fused-ring (bicyclic) bond motifs is 1. The molecule has 102 valence electrons. The van der Waals surface area contributed by atoms with E-state index < -0.39 is 9.84 Å². The van der Waals surface area contributed by atoms with Gasteiger partial charge in [0.1, 0.15) is 10.7 Å². The number of benzene rings is 1. The predicted octanol–water partition coefficient (Wildman–Crippen LogP) is 2.49. The maximum Gasteiger partial charge on any atom is 0.207 e. The summed E-state index contributed by atoms with van der Waals surface area (Å²) in [5.41, 5.74) is 0. The Morgan fingerprint density at radius 2 is 1.95 bits per heavy atom. The summed E-state index contributed by atoms with van der Waals surface area (Å²) < 4.78 is 25.5. The zero-order valence-corrected chi connectivity index (χ0v) is 11.7. The molecule has 0 aromatic heterocycles. The molecule has 1 saturated heterocycles. The van der Waals surface area contributed by atoms with Crippen LogP contribution in [-0.4, -0.2) is 26.1 Å². The van der Waals surface area contributed by atoms with Gasteiger partial charge in [-0.15, -0.1) is 5.06 Å². The van der Waals surface area contributed by atoms with E-state index in [-0.39, 0.29) is 6.04 Å². The molecular weight excluding hydrogens is 262 g/mol. The van der Waals surface area contributed by atoms with Crippen LogP contribution in [0.5, 0.6) is 0 Å². The van der Waals surface area contributed by atoms with Gasteiger partial charge in [-0.1, -0.05) is 18.2 Å². The molecular formula is C14H17NO3S. The van der Waals surface area contributed by atoms with Crippen LogP contribution in [0.4, 0.5) is 0 Å². The van der Waals surface area contributed by atoms with E-state index in [4.69, 9.17) is 4.84 Å². The molecule has 1 aromatic carbocycles. The minimum Gasteiger partial charge on any atom is -0.409 e. The first kappa shape index (κ1) is 12.7. The highest BCUT2D eigenvalue weighted by Gasteiger charge is 2.42. The van der Waals surface area contributed by atoms with Crippen LogP contribution < -0.4 is 0 Å². The Labute approximate surface area is 113 Å².